The van der Waals surface area contributed by atoms with Crippen LogP contribution in [0.4, 0.5) is 0 Å². The summed E-state index contributed by atoms with van der Waals surface area (Å²) < 4.78 is 5.20. The van der Waals surface area contributed by atoms with E-state index in [4.69, 9.17) is 4.52 Å². The van der Waals surface area contributed by atoms with Gasteiger partial charge in [0.05, 0.1) is 6.04 Å². The van der Waals surface area contributed by atoms with Crippen molar-refractivity contribution in [3.05, 3.63) is 24.4 Å². The summed E-state index contributed by atoms with van der Waals surface area (Å²) in [5.74, 6) is 1.57. The minimum Gasteiger partial charge on any atom is -0.337 e. The predicted octanol–water partition coefficient (Wildman–Crippen LogP) is 0.951. The van der Waals surface area contributed by atoms with E-state index in [1.54, 1.807) is 18.5 Å². The van der Waals surface area contributed by atoms with Crippen LogP contribution >= 0.6 is 0 Å². The fraction of sp³-hybridized carbons (Fsp3) is 0.400. The number of nitrogens with one attached hydrogen (secondary N) is 1. The van der Waals surface area contributed by atoms with Crippen molar-refractivity contribution in [2.75, 3.05) is 6.54 Å². The van der Waals surface area contributed by atoms with E-state index in [9.17, 15) is 0 Å². The van der Waals surface area contributed by atoms with Gasteiger partial charge in [-0.2, -0.15) is 4.98 Å². The largest absolute Gasteiger partial charge is 0.337 e. The summed E-state index contributed by atoms with van der Waals surface area (Å²) in [5.41, 5.74) is 0. The van der Waals surface area contributed by atoms with E-state index in [-0.39, 0.29) is 6.04 Å². The van der Waals surface area contributed by atoms with Crippen LogP contribution < -0.4 is 5.32 Å². The number of nitrogens with zero attached hydrogens (tertiary/aromatic N) is 4. The zero-order valence-electron chi connectivity index (χ0n) is 8.63. The van der Waals surface area contributed by atoms with Gasteiger partial charge < -0.3 is 9.84 Å². The van der Waals surface area contributed by atoms with Crippen LogP contribution in [0.3, 0.4) is 0 Å². The normalized spacial score (nSPS) is 20.1. The lowest BCUT2D eigenvalue weighted by atomic mass is 10.2. The van der Waals surface area contributed by atoms with Crippen LogP contribution in [0.2, 0.25) is 0 Å². The van der Waals surface area contributed by atoms with Crippen molar-refractivity contribution < 1.29 is 4.52 Å². The van der Waals surface area contributed by atoms with Gasteiger partial charge >= 0.3 is 0 Å². The van der Waals surface area contributed by atoms with Gasteiger partial charge in [-0.1, -0.05) is 5.16 Å². The van der Waals surface area contributed by atoms with Crippen molar-refractivity contribution in [3.8, 4) is 11.6 Å². The maximum Gasteiger partial charge on any atom is 0.244 e. The quantitative estimate of drug-likeness (QED) is 0.807. The Hall–Kier alpha value is -1.82. The van der Waals surface area contributed by atoms with Gasteiger partial charge in [0.1, 0.15) is 0 Å². The number of aromatic nitrogens is 4. The van der Waals surface area contributed by atoms with Crippen LogP contribution in [0, 0.1) is 0 Å². The maximum atomic E-state index is 5.20. The Morgan fingerprint density at radius 2 is 2.12 bits per heavy atom. The molecule has 3 heterocycles. The molecular weight excluding hydrogens is 206 g/mol. The first-order valence-electron chi connectivity index (χ1n) is 5.28. The molecule has 16 heavy (non-hydrogen) atoms. The average molecular weight is 217 g/mol. The van der Waals surface area contributed by atoms with Gasteiger partial charge in [0.15, 0.2) is 0 Å². The molecule has 1 aliphatic heterocycles. The number of rotatable bonds is 2. The smallest absolute Gasteiger partial charge is 0.244 e. The molecule has 2 aromatic heterocycles. The third kappa shape index (κ3) is 1.67. The molecule has 6 heteroatoms. The van der Waals surface area contributed by atoms with E-state index in [0.29, 0.717) is 17.5 Å². The van der Waals surface area contributed by atoms with Crippen LogP contribution in [0.25, 0.3) is 11.6 Å². The first-order valence-corrected chi connectivity index (χ1v) is 5.28. The minimum atomic E-state index is 0.185. The molecule has 0 spiro atoms. The fourth-order valence-electron chi connectivity index (χ4n) is 1.78. The second-order valence-electron chi connectivity index (χ2n) is 3.68. The zero-order valence-corrected chi connectivity index (χ0v) is 8.63. The average Bonchev–Trinajstić information content (AvgIpc) is 3.01. The highest BCUT2D eigenvalue weighted by atomic mass is 16.5. The first kappa shape index (κ1) is 9.41. The lowest BCUT2D eigenvalue weighted by Gasteiger charge is -2.01. The summed E-state index contributed by atoms with van der Waals surface area (Å²) in [7, 11) is 0. The van der Waals surface area contributed by atoms with Crippen LogP contribution in [0.1, 0.15) is 24.8 Å². The highest BCUT2D eigenvalue weighted by Crippen LogP contribution is 2.22. The Labute approximate surface area is 92.1 Å². The molecule has 0 aliphatic carbocycles. The summed E-state index contributed by atoms with van der Waals surface area (Å²) in [6.07, 6.45) is 5.50. The van der Waals surface area contributed by atoms with Crippen molar-refractivity contribution in [2.45, 2.75) is 18.9 Å². The van der Waals surface area contributed by atoms with Crippen LogP contribution in [0.5, 0.6) is 0 Å². The van der Waals surface area contributed by atoms with Gasteiger partial charge in [-0.05, 0) is 25.5 Å². The van der Waals surface area contributed by atoms with Gasteiger partial charge in [-0.15, -0.1) is 0 Å². The van der Waals surface area contributed by atoms with Crippen LogP contribution in [-0.4, -0.2) is 26.7 Å². The molecule has 1 fully saturated rings. The molecule has 82 valence electrons. The van der Waals surface area contributed by atoms with Crippen molar-refractivity contribution in [1.82, 2.24) is 25.4 Å². The topological polar surface area (TPSA) is 76.7 Å². The Morgan fingerprint density at radius 3 is 2.88 bits per heavy atom. The molecule has 3 rings (SSSR count). The van der Waals surface area contributed by atoms with Gasteiger partial charge in [-0.25, -0.2) is 9.97 Å². The molecular formula is C10H11N5O. The van der Waals surface area contributed by atoms with Crippen LogP contribution in [-0.2, 0) is 0 Å². The van der Waals surface area contributed by atoms with Crippen molar-refractivity contribution in [2.24, 2.45) is 0 Å². The van der Waals surface area contributed by atoms with E-state index in [1.807, 2.05) is 0 Å². The Balaban J connectivity index is 1.87. The number of hydrogen-bond donors (Lipinski definition) is 1. The lowest BCUT2D eigenvalue weighted by molar-refractivity contribution is 0.344. The van der Waals surface area contributed by atoms with Gasteiger partial charge in [0.2, 0.25) is 17.5 Å². The van der Waals surface area contributed by atoms with Crippen molar-refractivity contribution in [3.63, 3.8) is 0 Å². The van der Waals surface area contributed by atoms with Gasteiger partial charge in [0.25, 0.3) is 0 Å². The molecule has 0 aromatic carbocycles. The summed E-state index contributed by atoms with van der Waals surface area (Å²) >= 11 is 0. The van der Waals surface area contributed by atoms with E-state index in [2.05, 4.69) is 25.4 Å². The predicted molar refractivity (Wildman–Crippen MR) is 55.3 cm³/mol. The third-order valence-electron chi connectivity index (χ3n) is 2.57. The van der Waals surface area contributed by atoms with E-state index >= 15 is 0 Å². The molecule has 2 aromatic rings. The monoisotopic (exact) mass is 217 g/mol. The molecule has 6 nitrogen and oxygen atoms in total. The van der Waals surface area contributed by atoms with Crippen LogP contribution in [0.15, 0.2) is 23.0 Å². The molecule has 1 unspecified atom stereocenters. The lowest BCUT2D eigenvalue weighted by Crippen LogP contribution is -2.13. The summed E-state index contributed by atoms with van der Waals surface area (Å²) in [6.45, 7) is 1.00. The minimum absolute atomic E-state index is 0.185. The maximum absolute atomic E-state index is 5.20. The van der Waals surface area contributed by atoms with E-state index in [0.717, 1.165) is 19.4 Å². The molecule has 1 atom stereocenters. The molecule has 0 radical (unpaired) electrons. The van der Waals surface area contributed by atoms with E-state index in [1.165, 1.54) is 0 Å². The first-order chi connectivity index (χ1) is 7.93. The second-order valence-corrected chi connectivity index (χ2v) is 3.68. The summed E-state index contributed by atoms with van der Waals surface area (Å²) in [4.78, 5) is 12.4. The zero-order chi connectivity index (χ0) is 10.8. The Kier molecular flexibility index (Phi) is 2.34. The summed E-state index contributed by atoms with van der Waals surface area (Å²) in [6, 6.07) is 1.94. The Bertz CT molecular complexity index is 463. The van der Waals surface area contributed by atoms with Crippen molar-refractivity contribution in [1.29, 1.82) is 0 Å². The second kappa shape index (κ2) is 3.97. The molecule has 1 aliphatic rings. The molecule has 1 saturated heterocycles. The van der Waals surface area contributed by atoms with Crippen molar-refractivity contribution >= 4 is 0 Å². The highest BCUT2D eigenvalue weighted by Gasteiger charge is 2.23. The third-order valence-corrected chi connectivity index (χ3v) is 2.57. The Morgan fingerprint density at radius 1 is 1.25 bits per heavy atom. The molecule has 1 N–H and O–H groups in total. The molecule has 0 amide bonds. The van der Waals surface area contributed by atoms with E-state index < -0.39 is 0 Å². The summed E-state index contributed by atoms with van der Waals surface area (Å²) in [5, 5.41) is 7.18. The SMILES string of the molecule is c1cnc(-c2noc(C3CCCN3)n2)nc1. The molecule has 0 saturated carbocycles. The van der Waals surface area contributed by atoms with Gasteiger partial charge in [-0.3, -0.25) is 0 Å². The van der Waals surface area contributed by atoms with Gasteiger partial charge in [0, 0.05) is 12.4 Å². The number of hydrogen-bond acceptors (Lipinski definition) is 6. The molecule has 0 bridgehead atoms. The standard InChI is InChI=1S/C10H11N5O/c1-3-7(11-4-1)10-14-9(15-16-10)8-12-5-2-6-13-8/h2,5-7,11H,1,3-4H2. The highest BCUT2D eigenvalue weighted by molar-refractivity contribution is 5.40. The fourth-order valence-corrected chi connectivity index (χ4v) is 1.78.